The highest BCUT2D eigenvalue weighted by atomic mass is 16.7. The quantitative estimate of drug-likeness (QED) is 0.619. The Morgan fingerprint density at radius 2 is 1.69 bits per heavy atom. The Balaban J connectivity index is 1.55. The van der Waals surface area contributed by atoms with Gasteiger partial charge in [-0.1, -0.05) is 48.5 Å². The van der Waals surface area contributed by atoms with Crippen molar-refractivity contribution in [3.8, 4) is 5.75 Å². The molecule has 2 aromatic carbocycles. The fraction of sp³-hybridized carbons (Fsp3) is 0.263. The molecule has 0 spiro atoms. The fourth-order valence-electron chi connectivity index (χ4n) is 2.99. The second-order valence-corrected chi connectivity index (χ2v) is 5.96. The summed E-state index contributed by atoms with van der Waals surface area (Å²) in [6.07, 6.45) is -1.63. The second-order valence-electron chi connectivity index (χ2n) is 5.96. The van der Waals surface area contributed by atoms with Crippen LogP contribution in [0, 0.1) is 10.1 Å². The van der Waals surface area contributed by atoms with Crippen LogP contribution in [0.5, 0.6) is 5.75 Å². The van der Waals surface area contributed by atoms with Crippen molar-refractivity contribution in [2.75, 3.05) is 6.61 Å². The minimum atomic E-state index is -0.875. The molecule has 2 heterocycles. The monoisotopic (exact) mass is 355 g/mol. The van der Waals surface area contributed by atoms with Crippen molar-refractivity contribution in [3.63, 3.8) is 0 Å². The van der Waals surface area contributed by atoms with E-state index >= 15 is 0 Å². The van der Waals surface area contributed by atoms with E-state index in [1.54, 1.807) is 12.1 Å². The fourth-order valence-corrected chi connectivity index (χ4v) is 2.99. The molecule has 1 saturated heterocycles. The zero-order chi connectivity index (χ0) is 17.9. The minimum Gasteiger partial charge on any atom is -0.461 e. The Kier molecular flexibility index (Phi) is 4.66. The number of hydrogen-bond acceptors (Lipinski definition) is 6. The van der Waals surface area contributed by atoms with Gasteiger partial charge in [0.1, 0.15) is 11.9 Å². The number of benzene rings is 2. The smallest absolute Gasteiger partial charge is 0.279 e. The maximum atomic E-state index is 11.6. The summed E-state index contributed by atoms with van der Waals surface area (Å²) in [6, 6.07) is 18.3. The molecule has 26 heavy (non-hydrogen) atoms. The Labute approximate surface area is 149 Å². The van der Waals surface area contributed by atoms with Gasteiger partial charge in [0, 0.05) is 5.56 Å². The Bertz CT molecular complexity index is 794. The molecule has 0 aliphatic carbocycles. The zero-order valence-electron chi connectivity index (χ0n) is 13.8. The summed E-state index contributed by atoms with van der Waals surface area (Å²) in [5.74, 6) is 0.565. The third-order valence-electron chi connectivity index (χ3n) is 4.21. The highest BCUT2D eigenvalue weighted by Gasteiger charge is 2.46. The molecule has 0 amide bonds. The maximum Gasteiger partial charge on any atom is 0.279 e. The van der Waals surface area contributed by atoms with E-state index in [0.29, 0.717) is 5.75 Å². The number of ether oxygens (including phenoxy) is 4. The lowest BCUT2D eigenvalue weighted by molar-refractivity contribution is -0.454. The molecule has 7 heteroatoms. The van der Waals surface area contributed by atoms with Gasteiger partial charge in [0.15, 0.2) is 12.4 Å². The Morgan fingerprint density at radius 1 is 1.00 bits per heavy atom. The molecule has 0 saturated carbocycles. The van der Waals surface area contributed by atoms with Crippen LogP contribution < -0.4 is 4.74 Å². The van der Waals surface area contributed by atoms with Crippen molar-refractivity contribution >= 4 is 0 Å². The van der Waals surface area contributed by atoms with E-state index in [-0.39, 0.29) is 12.3 Å². The first-order chi connectivity index (χ1) is 12.7. The summed E-state index contributed by atoms with van der Waals surface area (Å²) in [4.78, 5) is 11.1. The number of para-hydroxylation sites is 1. The van der Waals surface area contributed by atoms with Gasteiger partial charge in [-0.25, -0.2) is 0 Å². The third-order valence-corrected chi connectivity index (χ3v) is 4.21. The molecule has 0 radical (unpaired) electrons. The predicted molar refractivity (Wildman–Crippen MR) is 90.8 cm³/mol. The number of nitro groups is 1. The molecule has 7 nitrogen and oxygen atoms in total. The second kappa shape index (κ2) is 7.25. The van der Waals surface area contributed by atoms with Crippen LogP contribution in [0.15, 0.2) is 72.4 Å². The van der Waals surface area contributed by atoms with Crippen LogP contribution in [0.4, 0.5) is 0 Å². The van der Waals surface area contributed by atoms with E-state index in [9.17, 15) is 10.1 Å². The lowest BCUT2D eigenvalue weighted by Gasteiger charge is -2.38. The first kappa shape index (κ1) is 16.7. The van der Waals surface area contributed by atoms with Crippen LogP contribution in [0.1, 0.15) is 11.9 Å². The van der Waals surface area contributed by atoms with Crippen molar-refractivity contribution in [1.82, 2.24) is 0 Å². The van der Waals surface area contributed by atoms with Gasteiger partial charge < -0.3 is 18.9 Å². The predicted octanol–water partition coefficient (Wildman–Crippen LogP) is 3.07. The molecule has 2 aliphatic rings. The Hall–Kier alpha value is -2.74. The van der Waals surface area contributed by atoms with E-state index < -0.39 is 29.7 Å². The van der Waals surface area contributed by atoms with Crippen molar-refractivity contribution < 1.29 is 23.9 Å². The first-order valence-electron chi connectivity index (χ1n) is 8.26. The molecule has 2 aromatic rings. The summed E-state index contributed by atoms with van der Waals surface area (Å²) in [7, 11) is 0. The summed E-state index contributed by atoms with van der Waals surface area (Å²) in [5, 5.41) is 11.6. The van der Waals surface area contributed by atoms with Crippen molar-refractivity contribution in [2.45, 2.75) is 24.8 Å². The molecule has 0 aromatic heterocycles. The molecule has 134 valence electrons. The lowest BCUT2D eigenvalue weighted by Crippen LogP contribution is -2.50. The van der Waals surface area contributed by atoms with Crippen molar-refractivity contribution in [3.05, 3.63) is 88.1 Å². The van der Waals surface area contributed by atoms with E-state index in [2.05, 4.69) is 0 Å². The van der Waals surface area contributed by atoms with Gasteiger partial charge in [0.2, 0.25) is 6.29 Å². The number of fused-ring (bicyclic) bond motifs is 1. The average molecular weight is 355 g/mol. The van der Waals surface area contributed by atoms with Gasteiger partial charge in [-0.3, -0.25) is 10.1 Å². The molecule has 1 unspecified atom stereocenters. The average Bonchev–Trinajstić information content (AvgIpc) is 2.68. The van der Waals surface area contributed by atoms with E-state index in [1.165, 1.54) is 6.08 Å². The zero-order valence-corrected chi connectivity index (χ0v) is 13.8. The normalized spacial score (nSPS) is 27.9. The molecule has 2 aliphatic heterocycles. The van der Waals surface area contributed by atoms with E-state index in [0.717, 1.165) is 5.56 Å². The van der Waals surface area contributed by atoms with Crippen molar-refractivity contribution in [2.24, 2.45) is 0 Å². The van der Waals surface area contributed by atoms with Crippen LogP contribution in [0.25, 0.3) is 0 Å². The van der Waals surface area contributed by atoms with E-state index in [1.807, 2.05) is 48.5 Å². The first-order valence-corrected chi connectivity index (χ1v) is 8.26. The van der Waals surface area contributed by atoms with Crippen LogP contribution in [0.3, 0.4) is 0 Å². The highest BCUT2D eigenvalue weighted by molar-refractivity contribution is 5.23. The Morgan fingerprint density at radius 3 is 2.38 bits per heavy atom. The minimum absolute atomic E-state index is 0.0774. The van der Waals surface area contributed by atoms with Gasteiger partial charge in [-0.05, 0) is 12.1 Å². The lowest BCUT2D eigenvalue weighted by atomic mass is 10.1. The summed E-state index contributed by atoms with van der Waals surface area (Å²) in [5.41, 5.74) is 0.725. The topological polar surface area (TPSA) is 80.1 Å². The summed E-state index contributed by atoms with van der Waals surface area (Å²) >= 11 is 0. The van der Waals surface area contributed by atoms with Gasteiger partial charge in [-0.2, -0.15) is 0 Å². The molecule has 4 atom stereocenters. The molecular formula is C19H17NO6. The van der Waals surface area contributed by atoms with Crippen LogP contribution in [-0.2, 0) is 14.2 Å². The molecule has 0 N–H and O–H groups in total. The summed E-state index contributed by atoms with van der Waals surface area (Å²) in [6.45, 7) is 0.171. The summed E-state index contributed by atoms with van der Waals surface area (Å²) < 4.78 is 23.0. The molecule has 1 fully saturated rings. The molecule has 0 bridgehead atoms. The van der Waals surface area contributed by atoms with Gasteiger partial charge in [0.25, 0.3) is 5.70 Å². The number of rotatable bonds is 4. The number of nitrogens with zero attached hydrogens (tertiary/aromatic N) is 1. The van der Waals surface area contributed by atoms with Crippen LogP contribution >= 0.6 is 0 Å². The third kappa shape index (κ3) is 3.45. The molecule has 4 rings (SSSR count). The number of hydrogen-bond donors (Lipinski definition) is 0. The largest absolute Gasteiger partial charge is 0.461 e. The SMILES string of the molecule is O=[N+]([O-])C1=C[C@H](Oc2ccccc2)O[C@@H]2COC(c3ccccc3)O[C@@H]12. The van der Waals surface area contributed by atoms with Gasteiger partial charge in [0.05, 0.1) is 17.6 Å². The standard InChI is InChI=1S/C19H17NO6/c21-20(22)15-11-17(24-14-9-5-2-6-10-14)25-16-12-23-19(26-18(15)16)13-7-3-1-4-8-13/h1-11,16-19H,12H2/t16-,17-,18+,19?/m1/s1. The van der Waals surface area contributed by atoms with Crippen molar-refractivity contribution in [1.29, 1.82) is 0 Å². The van der Waals surface area contributed by atoms with Gasteiger partial charge >= 0.3 is 0 Å². The maximum absolute atomic E-state index is 11.6. The van der Waals surface area contributed by atoms with E-state index in [4.69, 9.17) is 18.9 Å². The van der Waals surface area contributed by atoms with Crippen LogP contribution in [0.2, 0.25) is 0 Å². The van der Waals surface area contributed by atoms with Gasteiger partial charge in [-0.15, -0.1) is 0 Å². The highest BCUT2D eigenvalue weighted by Crippen LogP contribution is 2.34. The van der Waals surface area contributed by atoms with Crippen LogP contribution in [-0.4, -0.2) is 30.0 Å². The molecular weight excluding hydrogens is 338 g/mol.